The third-order valence-electron chi connectivity index (χ3n) is 3.81. The van der Waals surface area contributed by atoms with E-state index in [1.54, 1.807) is 0 Å². The second-order valence-electron chi connectivity index (χ2n) is 4.76. The fourth-order valence-electron chi connectivity index (χ4n) is 2.44. The Hall–Kier alpha value is -0.0800. The van der Waals surface area contributed by atoms with Crippen molar-refractivity contribution >= 4 is 0 Å². The monoisotopic (exact) mass is 169 g/mol. The van der Waals surface area contributed by atoms with Crippen LogP contribution in [0.1, 0.15) is 44.9 Å². The van der Waals surface area contributed by atoms with Crippen LogP contribution >= 0.6 is 0 Å². The molecule has 0 heterocycles. The van der Waals surface area contributed by atoms with Gasteiger partial charge in [0.25, 0.3) is 0 Å². The van der Waals surface area contributed by atoms with Gasteiger partial charge in [-0.1, -0.05) is 0 Å². The summed E-state index contributed by atoms with van der Waals surface area (Å²) in [5.74, 6) is 0. The molecule has 2 nitrogen and oxygen atoms in total. The number of aliphatic hydroxyl groups is 1. The average Bonchev–Trinajstić information content (AvgIpc) is 2.79. The zero-order chi connectivity index (χ0) is 8.66. The lowest BCUT2D eigenvalue weighted by Gasteiger charge is -2.36. The lowest BCUT2D eigenvalue weighted by Crippen LogP contribution is -2.36. The Morgan fingerprint density at radius 3 is 1.92 bits per heavy atom. The molecule has 0 amide bonds. The van der Waals surface area contributed by atoms with Crippen LogP contribution in [-0.4, -0.2) is 17.3 Å². The molecule has 0 aromatic rings. The van der Waals surface area contributed by atoms with E-state index in [9.17, 15) is 5.11 Å². The van der Waals surface area contributed by atoms with E-state index in [4.69, 9.17) is 5.73 Å². The lowest BCUT2D eigenvalue weighted by atomic mass is 9.75. The molecule has 2 aliphatic carbocycles. The summed E-state index contributed by atoms with van der Waals surface area (Å²) in [6.45, 7) is 0.628. The third-order valence-corrected chi connectivity index (χ3v) is 3.81. The molecule has 0 atom stereocenters. The highest BCUT2D eigenvalue weighted by atomic mass is 16.3. The molecule has 2 aliphatic rings. The second kappa shape index (κ2) is 2.71. The lowest BCUT2D eigenvalue weighted by molar-refractivity contribution is -0.0185. The molecule has 0 aromatic heterocycles. The fraction of sp³-hybridized carbons (Fsp3) is 1.00. The fourth-order valence-corrected chi connectivity index (χ4v) is 2.44. The molecule has 70 valence electrons. The molecule has 0 aromatic carbocycles. The first-order valence-electron chi connectivity index (χ1n) is 5.11. The van der Waals surface area contributed by atoms with Crippen LogP contribution in [0, 0.1) is 5.41 Å². The van der Waals surface area contributed by atoms with Crippen molar-refractivity contribution in [3.63, 3.8) is 0 Å². The van der Waals surface area contributed by atoms with Crippen molar-refractivity contribution in [1.82, 2.24) is 0 Å². The Balaban J connectivity index is 1.87. The topological polar surface area (TPSA) is 46.2 Å². The molecule has 1 spiro atoms. The minimum atomic E-state index is -0.400. The minimum absolute atomic E-state index is 0.400. The first kappa shape index (κ1) is 8.52. The van der Waals surface area contributed by atoms with Gasteiger partial charge in [0.05, 0.1) is 5.60 Å². The maximum absolute atomic E-state index is 10.1. The summed E-state index contributed by atoms with van der Waals surface area (Å²) in [5.41, 5.74) is 5.75. The maximum Gasteiger partial charge on any atom is 0.0660 e. The van der Waals surface area contributed by atoms with Crippen LogP contribution in [0.15, 0.2) is 0 Å². The summed E-state index contributed by atoms with van der Waals surface area (Å²) in [7, 11) is 0. The average molecular weight is 169 g/mol. The number of rotatable bonds is 2. The van der Waals surface area contributed by atoms with E-state index < -0.39 is 5.60 Å². The predicted octanol–water partition coefficient (Wildman–Crippen LogP) is 1.42. The summed E-state index contributed by atoms with van der Waals surface area (Å²) in [6.07, 6.45) is 8.07. The van der Waals surface area contributed by atoms with Gasteiger partial charge in [-0.25, -0.2) is 0 Å². The van der Waals surface area contributed by atoms with Crippen LogP contribution in [0.5, 0.6) is 0 Å². The van der Waals surface area contributed by atoms with E-state index >= 15 is 0 Å². The Morgan fingerprint density at radius 1 is 1.00 bits per heavy atom. The smallest absolute Gasteiger partial charge is 0.0660 e. The number of nitrogens with two attached hydrogens (primary N) is 1. The number of hydrogen-bond donors (Lipinski definition) is 2. The first-order chi connectivity index (χ1) is 5.68. The van der Waals surface area contributed by atoms with Crippen LogP contribution in [0.25, 0.3) is 0 Å². The Kier molecular flexibility index (Phi) is 1.92. The van der Waals surface area contributed by atoms with Crippen molar-refractivity contribution in [2.24, 2.45) is 11.1 Å². The summed E-state index contributed by atoms with van der Waals surface area (Å²) in [5, 5.41) is 10.1. The summed E-state index contributed by atoms with van der Waals surface area (Å²) >= 11 is 0. The highest BCUT2D eigenvalue weighted by molar-refractivity contribution is 5.00. The molecule has 0 bridgehead atoms. The van der Waals surface area contributed by atoms with E-state index in [1.165, 1.54) is 25.7 Å². The summed E-state index contributed by atoms with van der Waals surface area (Å²) in [4.78, 5) is 0. The van der Waals surface area contributed by atoms with Gasteiger partial charge >= 0.3 is 0 Å². The van der Waals surface area contributed by atoms with E-state index in [1.807, 2.05) is 0 Å². The van der Waals surface area contributed by atoms with Crippen molar-refractivity contribution in [2.75, 3.05) is 6.54 Å². The van der Waals surface area contributed by atoms with E-state index in [0.29, 0.717) is 12.0 Å². The van der Waals surface area contributed by atoms with Gasteiger partial charge < -0.3 is 10.8 Å². The molecule has 2 heteroatoms. The summed E-state index contributed by atoms with van der Waals surface area (Å²) in [6, 6.07) is 0. The minimum Gasteiger partial charge on any atom is -0.390 e. The molecule has 2 fully saturated rings. The normalized spacial score (nSPS) is 30.5. The summed E-state index contributed by atoms with van der Waals surface area (Å²) < 4.78 is 0. The largest absolute Gasteiger partial charge is 0.390 e. The molecule has 0 unspecified atom stereocenters. The van der Waals surface area contributed by atoms with Crippen molar-refractivity contribution in [3.8, 4) is 0 Å². The van der Waals surface area contributed by atoms with Gasteiger partial charge in [0.15, 0.2) is 0 Å². The molecule has 2 saturated carbocycles. The molecule has 2 rings (SSSR count). The van der Waals surface area contributed by atoms with Gasteiger partial charge in [-0.15, -0.1) is 0 Å². The molecule has 3 N–H and O–H groups in total. The Bertz CT molecular complexity index is 165. The Morgan fingerprint density at radius 2 is 1.50 bits per heavy atom. The van der Waals surface area contributed by atoms with Gasteiger partial charge in [-0.05, 0) is 56.9 Å². The van der Waals surface area contributed by atoms with E-state index in [2.05, 4.69) is 0 Å². The first-order valence-corrected chi connectivity index (χ1v) is 5.11. The van der Waals surface area contributed by atoms with Crippen LogP contribution in [0.2, 0.25) is 0 Å². The molecule has 0 saturated heterocycles. The van der Waals surface area contributed by atoms with Gasteiger partial charge in [-0.2, -0.15) is 0 Å². The van der Waals surface area contributed by atoms with Crippen LogP contribution < -0.4 is 5.73 Å². The zero-order valence-electron chi connectivity index (χ0n) is 7.68. The van der Waals surface area contributed by atoms with Gasteiger partial charge in [-0.3, -0.25) is 0 Å². The van der Waals surface area contributed by atoms with Crippen molar-refractivity contribution in [1.29, 1.82) is 0 Å². The SMILES string of the molecule is NCCC1(O)CCC2(CC1)CC2. The van der Waals surface area contributed by atoms with Gasteiger partial charge in [0.1, 0.15) is 0 Å². The predicted molar refractivity (Wildman–Crippen MR) is 48.8 cm³/mol. The highest BCUT2D eigenvalue weighted by Gasteiger charge is 2.48. The molecular weight excluding hydrogens is 150 g/mol. The second-order valence-corrected chi connectivity index (χ2v) is 4.76. The molecular formula is C10H19NO. The Labute approximate surface area is 74.1 Å². The highest BCUT2D eigenvalue weighted by Crippen LogP contribution is 2.58. The van der Waals surface area contributed by atoms with E-state index in [-0.39, 0.29) is 0 Å². The molecule has 0 aliphatic heterocycles. The van der Waals surface area contributed by atoms with Gasteiger partial charge in [0.2, 0.25) is 0 Å². The van der Waals surface area contributed by atoms with Crippen LogP contribution in [0.4, 0.5) is 0 Å². The van der Waals surface area contributed by atoms with Crippen molar-refractivity contribution in [3.05, 3.63) is 0 Å². The van der Waals surface area contributed by atoms with Crippen molar-refractivity contribution < 1.29 is 5.11 Å². The quantitative estimate of drug-likeness (QED) is 0.656. The van der Waals surface area contributed by atoms with Gasteiger partial charge in [0, 0.05) is 0 Å². The van der Waals surface area contributed by atoms with Crippen LogP contribution in [-0.2, 0) is 0 Å². The standard InChI is InChI=1S/C10H19NO/c11-8-7-10(12)5-3-9(1-2-9)4-6-10/h12H,1-8,11H2. The molecule has 0 radical (unpaired) electrons. The molecule has 12 heavy (non-hydrogen) atoms. The van der Waals surface area contributed by atoms with Crippen LogP contribution in [0.3, 0.4) is 0 Å². The number of hydrogen-bond acceptors (Lipinski definition) is 2. The zero-order valence-corrected chi connectivity index (χ0v) is 7.68. The third kappa shape index (κ3) is 1.50. The van der Waals surface area contributed by atoms with E-state index in [0.717, 1.165) is 19.3 Å². The maximum atomic E-state index is 10.1. The van der Waals surface area contributed by atoms with Crippen molar-refractivity contribution in [2.45, 2.75) is 50.5 Å².